The Morgan fingerprint density at radius 3 is 2.14 bits per heavy atom. The smallest absolute Gasteiger partial charge is 0.159 e. The molecular weight excluding hydrogens is 733 g/mol. The average Bonchev–Trinajstić information content (AvgIpc) is 3.95. The second kappa shape index (κ2) is 13.0. The molecule has 6 heteroatoms. The van der Waals surface area contributed by atoms with Crippen molar-refractivity contribution in [2.24, 2.45) is 15.9 Å². The molecule has 270 valence electrons. The summed E-state index contributed by atoms with van der Waals surface area (Å²) in [5, 5.41) is 11.4. The third-order valence-corrected chi connectivity index (χ3v) is 13.9. The van der Waals surface area contributed by atoms with Crippen LogP contribution in [0.5, 0.6) is 0 Å². The summed E-state index contributed by atoms with van der Waals surface area (Å²) in [4.78, 5) is 10.2. The highest BCUT2D eigenvalue weighted by Crippen LogP contribution is 2.44. The Balaban J connectivity index is 0.925. The molecule has 0 spiro atoms. The molecule has 0 amide bonds. The standard InChI is InChI=1S/C51H34N4S2/c1-3-12-31(13-4-1)49-52-50(32-14-5-2-6-15-32)54-51(53-49)34-23-27-45-42(28-34)40-25-22-33(29-46(40)56-45)36-18-11-19-41-39-26-24-35(30-47(39)57-48(36)41)55-43-20-9-7-16-37(43)38-17-8-10-21-44(38)55/h1-14,16-30,32,51H,15H2,(H,52,53,54). The van der Waals surface area contributed by atoms with Crippen molar-refractivity contribution in [3.8, 4) is 16.8 Å². The minimum Gasteiger partial charge on any atom is -0.348 e. The van der Waals surface area contributed by atoms with Gasteiger partial charge in [0.2, 0.25) is 0 Å². The molecule has 0 fully saturated rings. The predicted molar refractivity (Wildman–Crippen MR) is 245 cm³/mol. The molecule has 7 aromatic carbocycles. The molecule has 0 saturated carbocycles. The maximum atomic E-state index is 5.16. The van der Waals surface area contributed by atoms with Crippen LogP contribution in [0, 0.1) is 5.92 Å². The first kappa shape index (κ1) is 32.6. The molecule has 10 aromatic rings. The molecule has 57 heavy (non-hydrogen) atoms. The summed E-state index contributed by atoms with van der Waals surface area (Å²) in [6.07, 6.45) is 9.36. The number of aromatic nitrogens is 1. The highest BCUT2D eigenvalue weighted by molar-refractivity contribution is 7.26. The van der Waals surface area contributed by atoms with Crippen LogP contribution in [0.4, 0.5) is 0 Å². The van der Waals surface area contributed by atoms with E-state index in [1.165, 1.54) is 79.0 Å². The molecule has 2 aliphatic rings. The van der Waals surface area contributed by atoms with E-state index in [1.807, 2.05) is 28.7 Å². The second-order valence-corrected chi connectivity index (χ2v) is 17.1. The van der Waals surface area contributed by atoms with E-state index in [2.05, 4.69) is 180 Å². The zero-order valence-corrected chi connectivity index (χ0v) is 32.4. The van der Waals surface area contributed by atoms with Crippen LogP contribution >= 0.6 is 22.7 Å². The third kappa shape index (κ3) is 5.32. The minimum atomic E-state index is -0.230. The Morgan fingerprint density at radius 1 is 0.561 bits per heavy atom. The van der Waals surface area contributed by atoms with Crippen LogP contribution in [0.25, 0.3) is 79.0 Å². The number of para-hydroxylation sites is 2. The van der Waals surface area contributed by atoms with Gasteiger partial charge >= 0.3 is 0 Å². The number of amidine groups is 2. The highest BCUT2D eigenvalue weighted by Gasteiger charge is 2.25. The number of hydrogen-bond donors (Lipinski definition) is 1. The molecule has 0 saturated heterocycles. The van der Waals surface area contributed by atoms with E-state index in [0.717, 1.165) is 29.2 Å². The topological polar surface area (TPSA) is 41.7 Å². The third-order valence-electron chi connectivity index (χ3n) is 11.6. The fourth-order valence-corrected chi connectivity index (χ4v) is 11.2. The van der Waals surface area contributed by atoms with Crippen LogP contribution in [0.15, 0.2) is 186 Å². The maximum absolute atomic E-state index is 5.16. The van der Waals surface area contributed by atoms with Crippen LogP contribution in [0.3, 0.4) is 0 Å². The zero-order chi connectivity index (χ0) is 37.5. The SMILES string of the molecule is C1=CCC(C2=NC(c3ccccc3)=NC(c3ccc4sc5cc(-c6cccc7c6sc6cc(-n8c9ccccc9c9ccccc98)ccc67)ccc5c4c3)N2)C=C1. The summed E-state index contributed by atoms with van der Waals surface area (Å²) in [5.74, 6) is 1.94. The van der Waals surface area contributed by atoms with E-state index in [9.17, 15) is 0 Å². The van der Waals surface area contributed by atoms with Crippen molar-refractivity contribution in [2.75, 3.05) is 0 Å². The molecule has 4 nitrogen and oxygen atoms in total. The van der Waals surface area contributed by atoms with Crippen LogP contribution in [-0.4, -0.2) is 16.2 Å². The van der Waals surface area contributed by atoms with E-state index >= 15 is 0 Å². The number of rotatable bonds is 5. The molecule has 1 aliphatic heterocycles. The Bertz CT molecular complexity index is 3320. The summed E-state index contributed by atoms with van der Waals surface area (Å²) < 4.78 is 7.60. The summed E-state index contributed by atoms with van der Waals surface area (Å²) >= 11 is 3.76. The number of nitrogens with one attached hydrogen (secondary N) is 1. The normalized spacial score (nSPS) is 16.9. The lowest BCUT2D eigenvalue weighted by Gasteiger charge is -2.27. The van der Waals surface area contributed by atoms with E-state index in [1.54, 1.807) is 0 Å². The number of thiophene rings is 2. The van der Waals surface area contributed by atoms with Gasteiger partial charge in [0.25, 0.3) is 0 Å². The van der Waals surface area contributed by atoms with Gasteiger partial charge in [0.1, 0.15) is 12.0 Å². The Morgan fingerprint density at radius 2 is 1.32 bits per heavy atom. The number of aliphatic imine (C=N–C) groups is 2. The second-order valence-electron chi connectivity index (χ2n) is 14.9. The molecule has 2 unspecified atom stereocenters. The number of benzene rings is 7. The lowest BCUT2D eigenvalue weighted by atomic mass is 9.98. The highest BCUT2D eigenvalue weighted by atomic mass is 32.1. The van der Waals surface area contributed by atoms with Crippen molar-refractivity contribution in [3.63, 3.8) is 0 Å². The van der Waals surface area contributed by atoms with Gasteiger partial charge < -0.3 is 9.88 Å². The van der Waals surface area contributed by atoms with Gasteiger partial charge in [-0.05, 0) is 65.6 Å². The molecular formula is C51H34N4S2. The average molecular weight is 767 g/mol. The summed E-state index contributed by atoms with van der Waals surface area (Å²) in [6, 6.07) is 55.4. The maximum Gasteiger partial charge on any atom is 0.159 e. The Hall–Kier alpha value is -6.60. The van der Waals surface area contributed by atoms with E-state index < -0.39 is 0 Å². The molecule has 0 radical (unpaired) electrons. The molecule has 12 rings (SSSR count). The lowest BCUT2D eigenvalue weighted by Crippen LogP contribution is -2.37. The van der Waals surface area contributed by atoms with Gasteiger partial charge in [0.05, 0.1) is 11.0 Å². The van der Waals surface area contributed by atoms with Gasteiger partial charge in [-0.1, -0.05) is 133 Å². The molecule has 2 atom stereocenters. The lowest BCUT2D eigenvalue weighted by molar-refractivity contribution is 0.643. The Labute approximate surface area is 337 Å². The predicted octanol–water partition coefficient (Wildman–Crippen LogP) is 13.8. The van der Waals surface area contributed by atoms with Crippen molar-refractivity contribution in [1.82, 2.24) is 9.88 Å². The van der Waals surface area contributed by atoms with Crippen molar-refractivity contribution < 1.29 is 0 Å². The van der Waals surface area contributed by atoms with Crippen LogP contribution in [0.2, 0.25) is 0 Å². The fourth-order valence-electron chi connectivity index (χ4n) is 8.81. The van der Waals surface area contributed by atoms with Gasteiger partial charge in [-0.3, -0.25) is 0 Å². The number of hydrogen-bond acceptors (Lipinski definition) is 5. The molecule has 3 aromatic heterocycles. The summed E-state index contributed by atoms with van der Waals surface area (Å²) in [5.41, 5.74) is 8.35. The van der Waals surface area contributed by atoms with E-state index in [0.29, 0.717) is 0 Å². The fraction of sp³-hybridized carbons (Fsp3) is 0.0588. The number of nitrogens with zero attached hydrogens (tertiary/aromatic N) is 3. The van der Waals surface area contributed by atoms with Crippen molar-refractivity contribution in [1.29, 1.82) is 0 Å². The van der Waals surface area contributed by atoms with Crippen LogP contribution < -0.4 is 5.32 Å². The van der Waals surface area contributed by atoms with Crippen LogP contribution in [-0.2, 0) is 0 Å². The monoisotopic (exact) mass is 766 g/mol. The summed E-state index contributed by atoms with van der Waals surface area (Å²) in [6.45, 7) is 0. The van der Waals surface area contributed by atoms with Gasteiger partial charge in [-0.2, -0.15) is 0 Å². The first-order valence-corrected chi connectivity index (χ1v) is 21.1. The molecule has 1 aliphatic carbocycles. The number of fused-ring (bicyclic) bond motifs is 9. The first-order chi connectivity index (χ1) is 28.2. The first-order valence-electron chi connectivity index (χ1n) is 19.5. The zero-order valence-electron chi connectivity index (χ0n) is 30.8. The summed E-state index contributed by atoms with van der Waals surface area (Å²) in [7, 11) is 0. The Kier molecular flexibility index (Phi) is 7.43. The van der Waals surface area contributed by atoms with E-state index in [-0.39, 0.29) is 12.1 Å². The van der Waals surface area contributed by atoms with E-state index in [4.69, 9.17) is 9.98 Å². The minimum absolute atomic E-state index is 0.198. The molecule has 0 bridgehead atoms. The molecule has 1 N–H and O–H groups in total. The van der Waals surface area contributed by atoms with Crippen molar-refractivity contribution in [2.45, 2.75) is 12.6 Å². The van der Waals surface area contributed by atoms with Gasteiger partial charge in [0.15, 0.2) is 5.84 Å². The van der Waals surface area contributed by atoms with Gasteiger partial charge in [-0.25, -0.2) is 9.98 Å². The number of allylic oxidation sites excluding steroid dienone is 3. The van der Waals surface area contributed by atoms with Crippen molar-refractivity contribution in [3.05, 3.63) is 187 Å². The van der Waals surface area contributed by atoms with Gasteiger partial charge in [0, 0.05) is 68.3 Å². The van der Waals surface area contributed by atoms with Gasteiger partial charge in [-0.15, -0.1) is 22.7 Å². The quantitative estimate of drug-likeness (QED) is 0.186. The molecule has 4 heterocycles. The van der Waals surface area contributed by atoms with Crippen molar-refractivity contribution >= 4 is 96.5 Å². The largest absolute Gasteiger partial charge is 0.348 e. The van der Waals surface area contributed by atoms with Crippen LogP contribution in [0.1, 0.15) is 23.7 Å².